The first kappa shape index (κ1) is 10.1. The van der Waals surface area contributed by atoms with Gasteiger partial charge in [-0.3, -0.25) is 9.78 Å². The van der Waals surface area contributed by atoms with Gasteiger partial charge in [0.15, 0.2) is 0 Å². The second kappa shape index (κ2) is 4.40. The minimum atomic E-state index is -0.248. The highest BCUT2D eigenvalue weighted by Gasteiger charge is 2.25. The van der Waals surface area contributed by atoms with Crippen molar-refractivity contribution in [2.24, 2.45) is 0 Å². The molecular weight excluding hydrogens is 194 g/mol. The molecule has 4 nitrogen and oxygen atoms in total. The molecule has 0 amide bonds. The largest absolute Gasteiger partial charge is 0.495 e. The smallest absolute Gasteiger partial charge is 0.143 e. The monoisotopic (exact) mass is 207 g/mol. The van der Waals surface area contributed by atoms with E-state index in [0.717, 1.165) is 0 Å². The molecule has 1 aliphatic rings. The van der Waals surface area contributed by atoms with Gasteiger partial charge in [-0.05, 0) is 12.1 Å². The number of aromatic nitrogens is 1. The minimum absolute atomic E-state index is 0.221. The second-order valence-corrected chi connectivity index (χ2v) is 3.44. The van der Waals surface area contributed by atoms with Gasteiger partial charge in [-0.1, -0.05) is 0 Å². The average molecular weight is 207 g/mol. The Morgan fingerprint density at radius 1 is 1.60 bits per heavy atom. The van der Waals surface area contributed by atoms with E-state index in [1.807, 2.05) is 6.07 Å². The van der Waals surface area contributed by atoms with Crippen LogP contribution in [0.1, 0.15) is 24.6 Å². The van der Waals surface area contributed by atoms with Crippen molar-refractivity contribution in [3.05, 3.63) is 24.0 Å². The van der Waals surface area contributed by atoms with E-state index in [4.69, 9.17) is 9.47 Å². The molecule has 0 spiro atoms. The van der Waals surface area contributed by atoms with Crippen LogP contribution in [-0.4, -0.2) is 24.5 Å². The Morgan fingerprint density at radius 2 is 2.47 bits per heavy atom. The second-order valence-electron chi connectivity index (χ2n) is 3.44. The van der Waals surface area contributed by atoms with E-state index >= 15 is 0 Å². The SMILES string of the molecule is COc1cccnc1C1CC(=O)CCO1. The molecule has 1 aromatic heterocycles. The fourth-order valence-electron chi connectivity index (χ4n) is 1.68. The van der Waals surface area contributed by atoms with Gasteiger partial charge in [0.05, 0.1) is 13.7 Å². The lowest BCUT2D eigenvalue weighted by atomic mass is 10.0. The Kier molecular flexibility index (Phi) is 2.97. The molecule has 1 aliphatic heterocycles. The molecule has 0 N–H and O–H groups in total. The Bertz CT molecular complexity index is 365. The third kappa shape index (κ3) is 2.15. The Morgan fingerprint density at radius 3 is 3.20 bits per heavy atom. The van der Waals surface area contributed by atoms with E-state index in [1.54, 1.807) is 19.4 Å². The molecule has 0 aliphatic carbocycles. The number of Topliss-reactive ketones (excluding diaryl/α,β-unsaturated/α-hetero) is 1. The predicted molar refractivity (Wildman–Crippen MR) is 53.7 cm³/mol. The van der Waals surface area contributed by atoms with Gasteiger partial charge in [-0.15, -0.1) is 0 Å². The summed E-state index contributed by atoms with van der Waals surface area (Å²) < 4.78 is 10.7. The maximum Gasteiger partial charge on any atom is 0.143 e. The molecule has 1 atom stereocenters. The average Bonchev–Trinajstić information content (AvgIpc) is 2.29. The van der Waals surface area contributed by atoms with Crippen molar-refractivity contribution < 1.29 is 14.3 Å². The Labute approximate surface area is 88.2 Å². The van der Waals surface area contributed by atoms with E-state index < -0.39 is 0 Å². The van der Waals surface area contributed by atoms with Crippen molar-refractivity contribution in [2.45, 2.75) is 18.9 Å². The molecular formula is C11H13NO3. The molecule has 2 rings (SSSR count). The molecule has 0 saturated carbocycles. The Hall–Kier alpha value is -1.42. The summed E-state index contributed by atoms with van der Waals surface area (Å²) in [6.07, 6.45) is 2.33. The van der Waals surface area contributed by atoms with Crippen LogP contribution in [0.25, 0.3) is 0 Å². The van der Waals surface area contributed by atoms with Crippen LogP contribution in [0.3, 0.4) is 0 Å². The molecule has 1 fully saturated rings. The van der Waals surface area contributed by atoms with Crippen LogP contribution in [0.4, 0.5) is 0 Å². The number of carbonyl (C=O) groups is 1. The number of nitrogens with zero attached hydrogens (tertiary/aromatic N) is 1. The van der Waals surface area contributed by atoms with Crippen LogP contribution < -0.4 is 4.74 Å². The zero-order valence-corrected chi connectivity index (χ0v) is 8.60. The molecule has 0 radical (unpaired) electrons. The lowest BCUT2D eigenvalue weighted by Crippen LogP contribution is -2.20. The number of methoxy groups -OCH3 is 1. The van der Waals surface area contributed by atoms with Gasteiger partial charge in [-0.25, -0.2) is 0 Å². The molecule has 15 heavy (non-hydrogen) atoms. The highest BCUT2D eigenvalue weighted by atomic mass is 16.5. The normalized spacial score (nSPS) is 21.4. The van der Waals surface area contributed by atoms with Crippen molar-refractivity contribution in [1.29, 1.82) is 0 Å². The lowest BCUT2D eigenvalue weighted by Gasteiger charge is -2.22. The van der Waals surface area contributed by atoms with Crippen molar-refractivity contribution >= 4 is 5.78 Å². The molecule has 0 bridgehead atoms. The lowest BCUT2D eigenvalue weighted by molar-refractivity contribution is -0.128. The zero-order valence-electron chi connectivity index (χ0n) is 8.60. The molecule has 1 saturated heterocycles. The van der Waals surface area contributed by atoms with Gasteiger partial charge in [0.1, 0.15) is 23.3 Å². The van der Waals surface area contributed by atoms with Crippen LogP contribution in [-0.2, 0) is 9.53 Å². The van der Waals surface area contributed by atoms with Crippen molar-refractivity contribution in [3.8, 4) is 5.75 Å². The highest BCUT2D eigenvalue weighted by molar-refractivity contribution is 5.79. The summed E-state index contributed by atoms with van der Waals surface area (Å²) in [7, 11) is 1.59. The summed E-state index contributed by atoms with van der Waals surface area (Å²) >= 11 is 0. The number of ether oxygens (including phenoxy) is 2. The maximum absolute atomic E-state index is 11.3. The number of pyridine rings is 1. The molecule has 1 aromatic rings. The van der Waals surface area contributed by atoms with Gasteiger partial charge < -0.3 is 9.47 Å². The van der Waals surface area contributed by atoms with E-state index in [2.05, 4.69) is 4.98 Å². The van der Waals surface area contributed by atoms with Crippen LogP contribution in [0, 0.1) is 0 Å². The number of rotatable bonds is 2. The van der Waals surface area contributed by atoms with E-state index in [-0.39, 0.29) is 11.9 Å². The molecule has 80 valence electrons. The van der Waals surface area contributed by atoms with Crippen molar-refractivity contribution in [2.75, 3.05) is 13.7 Å². The van der Waals surface area contributed by atoms with Crippen LogP contribution >= 0.6 is 0 Å². The molecule has 0 aromatic carbocycles. The minimum Gasteiger partial charge on any atom is -0.495 e. The van der Waals surface area contributed by atoms with E-state index in [9.17, 15) is 4.79 Å². The van der Waals surface area contributed by atoms with Gasteiger partial charge in [0, 0.05) is 19.0 Å². The first-order chi connectivity index (χ1) is 7.31. The fraction of sp³-hybridized carbons (Fsp3) is 0.455. The summed E-state index contributed by atoms with van der Waals surface area (Å²) in [5, 5.41) is 0. The summed E-state index contributed by atoms with van der Waals surface area (Å²) in [6, 6.07) is 3.62. The zero-order chi connectivity index (χ0) is 10.7. The molecule has 4 heteroatoms. The van der Waals surface area contributed by atoms with Crippen LogP contribution in [0.5, 0.6) is 5.75 Å². The summed E-state index contributed by atoms with van der Waals surface area (Å²) in [4.78, 5) is 15.5. The molecule has 2 heterocycles. The van der Waals surface area contributed by atoms with Gasteiger partial charge in [-0.2, -0.15) is 0 Å². The first-order valence-corrected chi connectivity index (χ1v) is 4.93. The van der Waals surface area contributed by atoms with E-state index in [0.29, 0.717) is 30.9 Å². The number of carbonyl (C=O) groups excluding carboxylic acids is 1. The third-order valence-electron chi connectivity index (χ3n) is 2.44. The Balaban J connectivity index is 2.24. The number of hydrogen-bond acceptors (Lipinski definition) is 4. The van der Waals surface area contributed by atoms with E-state index in [1.165, 1.54) is 0 Å². The van der Waals surface area contributed by atoms with Crippen LogP contribution in [0.15, 0.2) is 18.3 Å². The summed E-state index contributed by atoms with van der Waals surface area (Å²) in [5.74, 6) is 0.899. The quantitative estimate of drug-likeness (QED) is 0.737. The molecule has 1 unspecified atom stereocenters. The fourth-order valence-corrected chi connectivity index (χ4v) is 1.68. The van der Waals surface area contributed by atoms with Gasteiger partial charge >= 0.3 is 0 Å². The van der Waals surface area contributed by atoms with Crippen molar-refractivity contribution in [1.82, 2.24) is 4.98 Å². The summed E-state index contributed by atoms with van der Waals surface area (Å²) in [6.45, 7) is 0.475. The summed E-state index contributed by atoms with van der Waals surface area (Å²) in [5.41, 5.74) is 0.716. The first-order valence-electron chi connectivity index (χ1n) is 4.93. The van der Waals surface area contributed by atoms with Crippen LogP contribution in [0.2, 0.25) is 0 Å². The number of ketones is 1. The number of hydrogen-bond donors (Lipinski definition) is 0. The van der Waals surface area contributed by atoms with Gasteiger partial charge in [0.2, 0.25) is 0 Å². The standard InChI is InChI=1S/C11H13NO3/c1-14-9-3-2-5-12-11(9)10-7-8(13)4-6-15-10/h2-3,5,10H,4,6-7H2,1H3. The van der Waals surface area contributed by atoms with Gasteiger partial charge in [0.25, 0.3) is 0 Å². The highest BCUT2D eigenvalue weighted by Crippen LogP contribution is 2.30. The third-order valence-corrected chi connectivity index (χ3v) is 2.44. The topological polar surface area (TPSA) is 48.4 Å². The maximum atomic E-state index is 11.3. The predicted octanol–water partition coefficient (Wildman–Crippen LogP) is 1.51. The van der Waals surface area contributed by atoms with Crippen molar-refractivity contribution in [3.63, 3.8) is 0 Å².